The molecule has 31 heavy (non-hydrogen) atoms. The van der Waals surface area contributed by atoms with Crippen molar-refractivity contribution in [3.05, 3.63) is 81.6 Å². The molecule has 0 saturated carbocycles. The lowest BCUT2D eigenvalue weighted by Gasteiger charge is -2.36. The van der Waals surface area contributed by atoms with Gasteiger partial charge in [0.25, 0.3) is 5.56 Å². The summed E-state index contributed by atoms with van der Waals surface area (Å²) in [5, 5.41) is 0.911. The molecule has 1 aliphatic heterocycles. The third kappa shape index (κ3) is 4.40. The summed E-state index contributed by atoms with van der Waals surface area (Å²) in [6.07, 6.45) is 0.600. The Bertz CT molecular complexity index is 1240. The molecule has 1 aromatic heterocycles. The fourth-order valence-electron chi connectivity index (χ4n) is 3.86. The molecule has 0 radical (unpaired) electrons. The quantitative estimate of drug-likeness (QED) is 0.653. The minimum atomic E-state index is -0.471. The summed E-state index contributed by atoms with van der Waals surface area (Å²) < 4.78 is 26.9. The number of fused-ring (bicyclic) bond motifs is 1. The molecule has 0 spiro atoms. The second-order valence-corrected chi connectivity index (χ2v) is 7.47. The molecule has 158 valence electrons. The van der Waals surface area contributed by atoms with E-state index >= 15 is 0 Å². The highest BCUT2D eigenvalue weighted by molar-refractivity contribution is 5.82. The van der Waals surface area contributed by atoms with Crippen LogP contribution in [0.4, 0.5) is 20.2 Å². The van der Waals surface area contributed by atoms with Gasteiger partial charge in [-0.05, 0) is 42.1 Å². The lowest BCUT2D eigenvalue weighted by atomic mass is 10.1. The van der Waals surface area contributed by atoms with Crippen LogP contribution in [-0.4, -0.2) is 42.0 Å². The van der Waals surface area contributed by atoms with Crippen LogP contribution in [0.3, 0.4) is 0 Å². The number of pyridine rings is 1. The monoisotopic (exact) mass is 422 g/mol. The third-order valence-electron chi connectivity index (χ3n) is 5.50. The predicted octanol–water partition coefficient (Wildman–Crippen LogP) is 3.64. The summed E-state index contributed by atoms with van der Waals surface area (Å²) in [7, 11) is 0. The number of amides is 1. The maximum absolute atomic E-state index is 13.6. The third-order valence-corrected chi connectivity index (χ3v) is 5.50. The SMILES string of the molecule is [C-]#[N+]c1ccc(F)cc1N1CCN(C(=O)CCc2cc3ccc(F)cc3c(=O)[nH]2)CC1. The van der Waals surface area contributed by atoms with Gasteiger partial charge in [0, 0.05) is 49.4 Å². The van der Waals surface area contributed by atoms with E-state index in [9.17, 15) is 18.4 Å². The van der Waals surface area contributed by atoms with E-state index in [1.807, 2.05) is 4.90 Å². The van der Waals surface area contributed by atoms with Crippen molar-refractivity contribution in [1.82, 2.24) is 9.88 Å². The van der Waals surface area contributed by atoms with Gasteiger partial charge in [0.2, 0.25) is 11.6 Å². The number of aromatic nitrogens is 1. The fourth-order valence-corrected chi connectivity index (χ4v) is 3.86. The van der Waals surface area contributed by atoms with Gasteiger partial charge in [-0.25, -0.2) is 13.6 Å². The van der Waals surface area contributed by atoms with Gasteiger partial charge in [0.1, 0.15) is 11.6 Å². The van der Waals surface area contributed by atoms with Crippen molar-refractivity contribution in [2.24, 2.45) is 0 Å². The Balaban J connectivity index is 1.37. The van der Waals surface area contributed by atoms with E-state index in [0.29, 0.717) is 55.1 Å². The van der Waals surface area contributed by atoms with Gasteiger partial charge >= 0.3 is 0 Å². The average molecular weight is 422 g/mol. The molecule has 6 nitrogen and oxygen atoms in total. The number of nitrogens with one attached hydrogen (secondary N) is 1. The van der Waals surface area contributed by atoms with E-state index < -0.39 is 11.6 Å². The van der Waals surface area contributed by atoms with Crippen molar-refractivity contribution in [2.75, 3.05) is 31.1 Å². The smallest absolute Gasteiger partial charge is 0.256 e. The standard InChI is InChI=1S/C23H20F2N4O2/c1-26-20-6-4-17(25)14-21(20)28-8-10-29(11-9-28)22(30)7-5-18-12-15-2-3-16(24)13-19(15)23(31)27-18/h2-4,6,12-14H,5,7-11H2,(H,27,31). The number of halogens is 2. The van der Waals surface area contributed by atoms with Crippen LogP contribution in [0.1, 0.15) is 12.1 Å². The number of rotatable bonds is 4. The first-order valence-electron chi connectivity index (χ1n) is 9.96. The van der Waals surface area contributed by atoms with E-state index in [0.717, 1.165) is 0 Å². The Morgan fingerprint density at radius 1 is 1.03 bits per heavy atom. The Labute approximate surface area is 177 Å². The topological polar surface area (TPSA) is 60.8 Å². The highest BCUT2D eigenvalue weighted by atomic mass is 19.1. The molecule has 0 aliphatic carbocycles. The fraction of sp³-hybridized carbons (Fsp3) is 0.261. The summed E-state index contributed by atoms with van der Waals surface area (Å²) in [6.45, 7) is 9.23. The van der Waals surface area contributed by atoms with Crippen molar-refractivity contribution in [1.29, 1.82) is 0 Å². The number of hydrogen-bond acceptors (Lipinski definition) is 3. The molecule has 4 rings (SSSR count). The summed E-state index contributed by atoms with van der Waals surface area (Å²) >= 11 is 0. The van der Waals surface area contributed by atoms with Gasteiger partial charge in [-0.2, -0.15) is 0 Å². The summed E-state index contributed by atoms with van der Waals surface area (Å²) in [5.41, 5.74) is 1.19. The normalized spacial score (nSPS) is 14.0. The number of hydrogen-bond donors (Lipinski definition) is 1. The maximum atomic E-state index is 13.6. The van der Waals surface area contributed by atoms with Crippen molar-refractivity contribution in [3.63, 3.8) is 0 Å². The number of nitrogens with zero attached hydrogens (tertiary/aromatic N) is 3. The molecule has 1 N–H and O–H groups in total. The molecule has 0 atom stereocenters. The molecular formula is C23H20F2N4O2. The van der Waals surface area contributed by atoms with Crippen LogP contribution < -0.4 is 10.5 Å². The van der Waals surface area contributed by atoms with E-state index in [4.69, 9.17) is 6.57 Å². The molecule has 1 saturated heterocycles. The first kappa shape index (κ1) is 20.5. The molecule has 1 amide bonds. The second kappa shape index (κ2) is 8.56. The molecule has 0 bridgehead atoms. The number of H-pyrrole nitrogens is 1. The number of carbonyl (C=O) groups is 1. The minimum Gasteiger partial charge on any atom is -0.377 e. The maximum Gasteiger partial charge on any atom is 0.256 e. The Morgan fingerprint density at radius 2 is 1.74 bits per heavy atom. The predicted molar refractivity (Wildman–Crippen MR) is 114 cm³/mol. The van der Waals surface area contributed by atoms with Crippen molar-refractivity contribution in [2.45, 2.75) is 12.8 Å². The number of benzene rings is 2. The molecule has 2 aromatic carbocycles. The number of carbonyl (C=O) groups excluding carboxylic acids is 1. The van der Waals surface area contributed by atoms with Gasteiger partial charge in [0.15, 0.2) is 0 Å². The summed E-state index contributed by atoms with van der Waals surface area (Å²) in [4.78, 5) is 34.6. The van der Waals surface area contributed by atoms with E-state index in [2.05, 4.69) is 9.83 Å². The van der Waals surface area contributed by atoms with Gasteiger partial charge in [-0.3, -0.25) is 9.59 Å². The Kier molecular flexibility index (Phi) is 5.67. The van der Waals surface area contributed by atoms with E-state index in [-0.39, 0.29) is 23.3 Å². The van der Waals surface area contributed by atoms with Crippen LogP contribution in [0.2, 0.25) is 0 Å². The lowest BCUT2D eigenvalue weighted by molar-refractivity contribution is -0.131. The van der Waals surface area contributed by atoms with Crippen LogP contribution in [0.5, 0.6) is 0 Å². The number of aryl methyl sites for hydroxylation is 1. The molecule has 1 fully saturated rings. The zero-order valence-corrected chi connectivity index (χ0v) is 16.7. The highest BCUT2D eigenvalue weighted by Gasteiger charge is 2.23. The van der Waals surface area contributed by atoms with E-state index in [1.165, 1.54) is 30.3 Å². The molecule has 1 aliphatic rings. The van der Waals surface area contributed by atoms with Crippen LogP contribution in [-0.2, 0) is 11.2 Å². The molecule has 3 aromatic rings. The zero-order chi connectivity index (χ0) is 22.0. The van der Waals surface area contributed by atoms with Crippen molar-refractivity contribution >= 4 is 28.1 Å². The number of piperazine rings is 1. The Morgan fingerprint density at radius 3 is 2.48 bits per heavy atom. The molecule has 8 heteroatoms. The Hall–Kier alpha value is -3.73. The van der Waals surface area contributed by atoms with Gasteiger partial charge in [-0.1, -0.05) is 12.1 Å². The van der Waals surface area contributed by atoms with Crippen LogP contribution >= 0.6 is 0 Å². The highest BCUT2D eigenvalue weighted by Crippen LogP contribution is 2.30. The zero-order valence-electron chi connectivity index (χ0n) is 16.7. The van der Waals surface area contributed by atoms with Crippen LogP contribution in [0.25, 0.3) is 15.6 Å². The van der Waals surface area contributed by atoms with Gasteiger partial charge < -0.3 is 14.8 Å². The first-order valence-corrected chi connectivity index (χ1v) is 9.96. The average Bonchev–Trinajstić information content (AvgIpc) is 2.78. The van der Waals surface area contributed by atoms with Crippen LogP contribution in [0.15, 0.2) is 47.3 Å². The van der Waals surface area contributed by atoms with Gasteiger partial charge in [-0.15, -0.1) is 0 Å². The molecule has 0 unspecified atom stereocenters. The van der Waals surface area contributed by atoms with Crippen molar-refractivity contribution < 1.29 is 13.6 Å². The molecular weight excluding hydrogens is 402 g/mol. The summed E-state index contributed by atoms with van der Waals surface area (Å²) in [6, 6.07) is 9.89. The minimum absolute atomic E-state index is 0.0376. The second-order valence-electron chi connectivity index (χ2n) is 7.47. The first-order chi connectivity index (χ1) is 14.9. The van der Waals surface area contributed by atoms with E-state index in [1.54, 1.807) is 17.0 Å². The van der Waals surface area contributed by atoms with Gasteiger partial charge in [0.05, 0.1) is 6.57 Å². The molecule has 2 heterocycles. The number of anilines is 1. The van der Waals surface area contributed by atoms with Crippen molar-refractivity contribution in [3.8, 4) is 0 Å². The number of aromatic amines is 1. The lowest BCUT2D eigenvalue weighted by Crippen LogP contribution is -2.48. The summed E-state index contributed by atoms with van der Waals surface area (Å²) in [5.74, 6) is -0.904. The van der Waals surface area contributed by atoms with Crippen LogP contribution in [0, 0.1) is 18.2 Å². The largest absolute Gasteiger partial charge is 0.377 e.